The summed E-state index contributed by atoms with van der Waals surface area (Å²) in [6.07, 6.45) is -0.816. The number of halogens is 1. The van der Waals surface area contributed by atoms with Crippen LogP contribution >= 0.6 is 11.6 Å². The molecular formula is C18H15ClN6O4. The topological polar surface area (TPSA) is 134 Å². The highest BCUT2D eigenvalue weighted by atomic mass is 35.5. The zero-order chi connectivity index (χ0) is 20.5. The lowest BCUT2D eigenvalue weighted by Crippen LogP contribution is -2.24. The first-order valence-corrected chi connectivity index (χ1v) is 9.04. The number of aryl methyl sites for hydroxylation is 1. The second-order valence-corrected chi connectivity index (χ2v) is 6.69. The van der Waals surface area contributed by atoms with Crippen molar-refractivity contribution < 1.29 is 19.1 Å². The standard InChI is InChI=1S/C18H15ClN6O4/c1-9-23-24-16(29-9)13-3-2-4-15(22-13)25-8-11-10(17(25)26)7-14(19)21-12(11)5-6-20-18(27)28/h2-4,7,20H,5-6,8H2,1H3,(H,27,28). The average molecular weight is 415 g/mol. The summed E-state index contributed by atoms with van der Waals surface area (Å²) >= 11 is 6.07. The number of hydrogen-bond acceptors (Lipinski definition) is 7. The van der Waals surface area contributed by atoms with Gasteiger partial charge in [-0.1, -0.05) is 17.7 Å². The van der Waals surface area contributed by atoms with Crippen LogP contribution in [0.3, 0.4) is 0 Å². The van der Waals surface area contributed by atoms with Crippen molar-refractivity contribution in [1.82, 2.24) is 25.5 Å². The lowest BCUT2D eigenvalue weighted by atomic mass is 10.1. The van der Waals surface area contributed by atoms with Crippen molar-refractivity contribution in [3.05, 3.63) is 52.1 Å². The maximum Gasteiger partial charge on any atom is 0.404 e. The van der Waals surface area contributed by atoms with Gasteiger partial charge in [-0.05, 0) is 18.2 Å². The monoisotopic (exact) mass is 414 g/mol. The minimum Gasteiger partial charge on any atom is -0.465 e. The van der Waals surface area contributed by atoms with E-state index in [-0.39, 0.29) is 30.0 Å². The SMILES string of the molecule is Cc1nnc(-c2cccc(N3Cc4c(cc(Cl)nc4CCNC(=O)O)C3=O)n2)o1. The number of carbonyl (C=O) groups is 2. The molecule has 1 aliphatic rings. The molecule has 1 aliphatic heterocycles. The van der Waals surface area contributed by atoms with Crippen molar-refractivity contribution in [3.63, 3.8) is 0 Å². The van der Waals surface area contributed by atoms with Gasteiger partial charge in [0.25, 0.3) is 11.8 Å². The van der Waals surface area contributed by atoms with E-state index in [1.54, 1.807) is 25.1 Å². The summed E-state index contributed by atoms with van der Waals surface area (Å²) in [6, 6.07) is 6.68. The minimum absolute atomic E-state index is 0.160. The number of amides is 2. The molecule has 0 saturated carbocycles. The lowest BCUT2D eigenvalue weighted by molar-refractivity contribution is 0.0995. The highest BCUT2D eigenvalue weighted by molar-refractivity contribution is 6.30. The zero-order valence-electron chi connectivity index (χ0n) is 15.2. The molecule has 2 amide bonds. The number of hydrogen-bond donors (Lipinski definition) is 2. The number of anilines is 1. The summed E-state index contributed by atoms with van der Waals surface area (Å²) in [5.74, 6) is 0.837. The van der Waals surface area contributed by atoms with Crippen molar-refractivity contribution in [2.45, 2.75) is 19.9 Å². The van der Waals surface area contributed by atoms with Crippen molar-refractivity contribution in [2.24, 2.45) is 0 Å². The molecule has 148 valence electrons. The quantitative estimate of drug-likeness (QED) is 0.608. The summed E-state index contributed by atoms with van der Waals surface area (Å²) in [4.78, 5) is 33.9. The van der Waals surface area contributed by atoms with Crippen LogP contribution in [0.5, 0.6) is 0 Å². The molecule has 0 radical (unpaired) electrons. The largest absolute Gasteiger partial charge is 0.465 e. The lowest BCUT2D eigenvalue weighted by Gasteiger charge is -2.15. The fraction of sp³-hybridized carbons (Fsp3) is 0.222. The highest BCUT2D eigenvalue weighted by Gasteiger charge is 2.32. The molecule has 0 unspecified atom stereocenters. The summed E-state index contributed by atoms with van der Waals surface area (Å²) in [7, 11) is 0. The molecule has 11 heteroatoms. The molecule has 0 bridgehead atoms. The van der Waals surface area contributed by atoms with Crippen LogP contribution in [0.2, 0.25) is 5.15 Å². The Kier molecular flexibility index (Phi) is 4.85. The Morgan fingerprint density at radius 2 is 2.17 bits per heavy atom. The maximum atomic E-state index is 13.0. The van der Waals surface area contributed by atoms with Gasteiger partial charge >= 0.3 is 6.09 Å². The average Bonchev–Trinajstić information content (AvgIpc) is 3.26. The van der Waals surface area contributed by atoms with Crippen molar-refractivity contribution in [2.75, 3.05) is 11.4 Å². The molecule has 10 nitrogen and oxygen atoms in total. The molecule has 0 saturated heterocycles. The molecule has 0 spiro atoms. The molecule has 0 aromatic carbocycles. The van der Waals surface area contributed by atoms with Crippen LogP contribution in [0.15, 0.2) is 28.7 Å². The molecular weight excluding hydrogens is 400 g/mol. The van der Waals surface area contributed by atoms with Crippen LogP contribution in [0.25, 0.3) is 11.6 Å². The summed E-state index contributed by atoms with van der Waals surface area (Å²) in [5, 5.41) is 19.0. The first-order valence-electron chi connectivity index (χ1n) is 8.67. The van der Waals surface area contributed by atoms with Gasteiger partial charge in [-0.15, -0.1) is 10.2 Å². The van der Waals surface area contributed by atoms with E-state index in [0.717, 1.165) is 0 Å². The van der Waals surface area contributed by atoms with Crippen LogP contribution < -0.4 is 10.2 Å². The van der Waals surface area contributed by atoms with E-state index in [1.165, 1.54) is 11.0 Å². The minimum atomic E-state index is -1.13. The van der Waals surface area contributed by atoms with Gasteiger partial charge in [0, 0.05) is 36.7 Å². The Hall–Kier alpha value is -3.53. The van der Waals surface area contributed by atoms with E-state index in [9.17, 15) is 9.59 Å². The second kappa shape index (κ2) is 7.47. The van der Waals surface area contributed by atoms with E-state index in [2.05, 4.69) is 25.5 Å². The Labute approximate surface area is 169 Å². The Morgan fingerprint density at radius 3 is 2.90 bits per heavy atom. The van der Waals surface area contributed by atoms with Crippen LogP contribution in [0, 0.1) is 6.92 Å². The summed E-state index contributed by atoms with van der Waals surface area (Å²) in [5.41, 5.74) is 2.15. The van der Waals surface area contributed by atoms with Gasteiger partial charge in [0.2, 0.25) is 5.89 Å². The van der Waals surface area contributed by atoms with Crippen LogP contribution in [0.4, 0.5) is 10.6 Å². The second-order valence-electron chi connectivity index (χ2n) is 6.30. The number of carbonyl (C=O) groups excluding carboxylic acids is 1. The van der Waals surface area contributed by atoms with Gasteiger partial charge in [0.05, 0.1) is 6.54 Å². The third kappa shape index (κ3) is 3.74. The number of nitrogens with zero attached hydrogens (tertiary/aromatic N) is 5. The van der Waals surface area contributed by atoms with E-state index >= 15 is 0 Å². The third-order valence-corrected chi connectivity index (χ3v) is 4.56. The normalized spacial score (nSPS) is 12.9. The summed E-state index contributed by atoms with van der Waals surface area (Å²) in [6.45, 7) is 2.09. The molecule has 3 aromatic heterocycles. The number of pyridine rings is 2. The first kappa shape index (κ1) is 18.8. The number of fused-ring (bicyclic) bond motifs is 1. The van der Waals surface area contributed by atoms with Gasteiger partial charge < -0.3 is 14.8 Å². The number of rotatable bonds is 5. The predicted octanol–water partition coefficient (Wildman–Crippen LogP) is 2.46. The Balaban J connectivity index is 1.64. The molecule has 4 heterocycles. The fourth-order valence-electron chi connectivity index (χ4n) is 3.11. The number of aromatic nitrogens is 4. The van der Waals surface area contributed by atoms with Crippen molar-refractivity contribution in [3.8, 4) is 11.6 Å². The highest BCUT2D eigenvalue weighted by Crippen LogP contribution is 2.31. The van der Waals surface area contributed by atoms with Gasteiger partial charge in [-0.25, -0.2) is 14.8 Å². The van der Waals surface area contributed by atoms with Crippen molar-refractivity contribution >= 4 is 29.4 Å². The van der Waals surface area contributed by atoms with Gasteiger partial charge in [0.1, 0.15) is 16.7 Å². The molecule has 2 N–H and O–H groups in total. The van der Waals surface area contributed by atoms with Gasteiger partial charge in [-0.2, -0.15) is 0 Å². The van der Waals surface area contributed by atoms with Crippen LogP contribution in [-0.4, -0.2) is 43.8 Å². The Bertz CT molecular complexity index is 1120. The molecule has 0 aliphatic carbocycles. The van der Waals surface area contributed by atoms with E-state index < -0.39 is 6.09 Å². The van der Waals surface area contributed by atoms with Crippen LogP contribution in [-0.2, 0) is 13.0 Å². The van der Waals surface area contributed by atoms with E-state index in [0.29, 0.717) is 40.6 Å². The summed E-state index contributed by atoms with van der Waals surface area (Å²) < 4.78 is 5.40. The molecule has 29 heavy (non-hydrogen) atoms. The van der Waals surface area contributed by atoms with Gasteiger partial charge in [-0.3, -0.25) is 9.69 Å². The number of carboxylic acid groups (broad SMARTS) is 1. The first-order chi connectivity index (χ1) is 13.9. The van der Waals surface area contributed by atoms with E-state index in [1.807, 2.05) is 0 Å². The van der Waals surface area contributed by atoms with Crippen LogP contribution in [0.1, 0.15) is 27.5 Å². The van der Waals surface area contributed by atoms with E-state index in [4.69, 9.17) is 21.1 Å². The molecule has 0 fully saturated rings. The van der Waals surface area contributed by atoms with Gasteiger partial charge in [0.15, 0.2) is 0 Å². The Morgan fingerprint density at radius 1 is 1.34 bits per heavy atom. The third-order valence-electron chi connectivity index (χ3n) is 4.36. The fourth-order valence-corrected chi connectivity index (χ4v) is 3.32. The van der Waals surface area contributed by atoms with Crippen molar-refractivity contribution in [1.29, 1.82) is 0 Å². The molecule has 0 atom stereocenters. The zero-order valence-corrected chi connectivity index (χ0v) is 16.0. The smallest absolute Gasteiger partial charge is 0.404 e. The molecule has 4 rings (SSSR count). The predicted molar refractivity (Wildman–Crippen MR) is 102 cm³/mol. The molecule has 3 aromatic rings. The number of nitrogens with one attached hydrogen (secondary N) is 1. The maximum absolute atomic E-state index is 13.0.